The van der Waals surface area contributed by atoms with E-state index in [4.69, 9.17) is 19.3 Å². The van der Waals surface area contributed by atoms with Crippen LogP contribution in [0.2, 0.25) is 0 Å². The van der Waals surface area contributed by atoms with Crippen LogP contribution in [0.1, 0.15) is 6.92 Å². The summed E-state index contributed by atoms with van der Waals surface area (Å²) in [6.07, 6.45) is 0. The fourth-order valence-corrected chi connectivity index (χ4v) is 0.649. The van der Waals surface area contributed by atoms with Gasteiger partial charge in [-0.3, -0.25) is 0 Å². The fraction of sp³-hybridized carbons (Fsp3) is 1.00. The summed E-state index contributed by atoms with van der Waals surface area (Å²) in [5.41, 5.74) is 0. The minimum atomic E-state index is 0.0684. The standard InChI is InChI=1S/C8H18O4/c1-2-10-5-6-12-8-7-11-4-3-9/h9H,2-8H2,1H3. The number of rotatable bonds is 9. The second-order valence-electron chi connectivity index (χ2n) is 2.15. The molecule has 0 amide bonds. The van der Waals surface area contributed by atoms with Crippen LogP contribution in [0.5, 0.6) is 0 Å². The summed E-state index contributed by atoms with van der Waals surface area (Å²) in [6, 6.07) is 0. The zero-order valence-corrected chi connectivity index (χ0v) is 7.62. The average Bonchev–Trinajstić information content (AvgIpc) is 2.10. The lowest BCUT2D eigenvalue weighted by Crippen LogP contribution is -2.10. The first-order valence-electron chi connectivity index (χ1n) is 4.26. The highest BCUT2D eigenvalue weighted by molar-refractivity contribution is 4.32. The molecule has 0 aromatic heterocycles. The monoisotopic (exact) mass is 178 g/mol. The number of aliphatic hydroxyl groups is 1. The van der Waals surface area contributed by atoms with E-state index in [1.54, 1.807) is 0 Å². The van der Waals surface area contributed by atoms with E-state index in [2.05, 4.69) is 0 Å². The van der Waals surface area contributed by atoms with Crippen LogP contribution in [0.25, 0.3) is 0 Å². The van der Waals surface area contributed by atoms with Gasteiger partial charge < -0.3 is 19.3 Å². The lowest BCUT2D eigenvalue weighted by Gasteiger charge is -2.04. The number of aliphatic hydroxyl groups excluding tert-OH is 1. The Kier molecular flexibility index (Phi) is 10.7. The highest BCUT2D eigenvalue weighted by Crippen LogP contribution is 1.79. The normalized spacial score (nSPS) is 10.5. The van der Waals surface area contributed by atoms with Gasteiger partial charge in [-0.2, -0.15) is 0 Å². The third kappa shape index (κ3) is 9.84. The minimum absolute atomic E-state index is 0.0684. The molecule has 0 atom stereocenters. The van der Waals surface area contributed by atoms with Gasteiger partial charge in [-0.15, -0.1) is 0 Å². The molecule has 0 aliphatic carbocycles. The molecule has 0 aliphatic heterocycles. The Hall–Kier alpha value is -0.160. The minimum Gasteiger partial charge on any atom is -0.394 e. The molecule has 0 saturated carbocycles. The van der Waals surface area contributed by atoms with Crippen molar-refractivity contribution in [1.29, 1.82) is 0 Å². The molecule has 12 heavy (non-hydrogen) atoms. The van der Waals surface area contributed by atoms with Crippen LogP contribution in [0, 0.1) is 0 Å². The van der Waals surface area contributed by atoms with Gasteiger partial charge >= 0.3 is 0 Å². The van der Waals surface area contributed by atoms with Gasteiger partial charge in [0.15, 0.2) is 0 Å². The van der Waals surface area contributed by atoms with Gasteiger partial charge in [0.2, 0.25) is 0 Å². The molecule has 4 heteroatoms. The first-order chi connectivity index (χ1) is 5.91. The molecular formula is C8H18O4. The van der Waals surface area contributed by atoms with Crippen molar-refractivity contribution in [3.05, 3.63) is 0 Å². The molecule has 0 bridgehead atoms. The number of ether oxygens (including phenoxy) is 3. The smallest absolute Gasteiger partial charge is 0.0701 e. The van der Waals surface area contributed by atoms with Crippen LogP contribution in [0.4, 0.5) is 0 Å². The second-order valence-corrected chi connectivity index (χ2v) is 2.15. The van der Waals surface area contributed by atoms with E-state index in [-0.39, 0.29) is 6.61 Å². The van der Waals surface area contributed by atoms with E-state index in [1.165, 1.54) is 0 Å². The van der Waals surface area contributed by atoms with Crippen molar-refractivity contribution >= 4 is 0 Å². The Balaban J connectivity index is 2.73. The molecule has 0 aromatic carbocycles. The summed E-state index contributed by atoms with van der Waals surface area (Å²) in [5, 5.41) is 8.35. The molecule has 1 N–H and O–H groups in total. The Labute approximate surface area is 73.4 Å². The molecule has 0 spiro atoms. The SMILES string of the molecule is CCOCCOCCOCCO. The van der Waals surface area contributed by atoms with Crippen molar-refractivity contribution in [2.45, 2.75) is 6.92 Å². The Bertz CT molecular complexity index is 67.5. The summed E-state index contributed by atoms with van der Waals surface area (Å²) in [6.45, 7) is 5.47. The molecule has 0 heterocycles. The van der Waals surface area contributed by atoms with Crippen molar-refractivity contribution in [3.8, 4) is 0 Å². The highest BCUT2D eigenvalue weighted by atomic mass is 16.5. The highest BCUT2D eigenvalue weighted by Gasteiger charge is 1.88. The zero-order chi connectivity index (χ0) is 9.07. The van der Waals surface area contributed by atoms with Crippen LogP contribution >= 0.6 is 0 Å². The van der Waals surface area contributed by atoms with Gasteiger partial charge in [0.1, 0.15) is 0 Å². The Morgan fingerprint density at radius 3 is 1.83 bits per heavy atom. The van der Waals surface area contributed by atoms with Gasteiger partial charge in [-0.25, -0.2) is 0 Å². The predicted octanol–water partition coefficient (Wildman–Crippen LogP) is 0.0484. The Morgan fingerprint density at radius 1 is 0.833 bits per heavy atom. The maximum atomic E-state index is 8.35. The van der Waals surface area contributed by atoms with Gasteiger partial charge in [0, 0.05) is 6.61 Å². The summed E-state index contributed by atoms with van der Waals surface area (Å²) < 4.78 is 15.2. The molecule has 0 radical (unpaired) electrons. The van der Waals surface area contributed by atoms with Gasteiger partial charge in [-0.05, 0) is 6.92 Å². The van der Waals surface area contributed by atoms with Crippen molar-refractivity contribution in [2.75, 3.05) is 46.2 Å². The van der Waals surface area contributed by atoms with Crippen LogP contribution in [0.3, 0.4) is 0 Å². The number of hydrogen-bond donors (Lipinski definition) is 1. The van der Waals surface area contributed by atoms with Crippen molar-refractivity contribution in [1.82, 2.24) is 0 Å². The van der Waals surface area contributed by atoms with Crippen molar-refractivity contribution in [2.24, 2.45) is 0 Å². The van der Waals surface area contributed by atoms with Gasteiger partial charge in [-0.1, -0.05) is 0 Å². The van der Waals surface area contributed by atoms with E-state index < -0.39 is 0 Å². The molecule has 0 rings (SSSR count). The van der Waals surface area contributed by atoms with Crippen LogP contribution in [0.15, 0.2) is 0 Å². The third-order valence-electron chi connectivity index (χ3n) is 1.18. The summed E-state index contributed by atoms with van der Waals surface area (Å²) in [7, 11) is 0. The predicted molar refractivity (Wildman–Crippen MR) is 45.2 cm³/mol. The van der Waals surface area contributed by atoms with Crippen molar-refractivity contribution < 1.29 is 19.3 Å². The fourth-order valence-electron chi connectivity index (χ4n) is 0.649. The first kappa shape index (κ1) is 11.8. The largest absolute Gasteiger partial charge is 0.394 e. The van der Waals surface area contributed by atoms with Crippen LogP contribution in [-0.4, -0.2) is 51.4 Å². The van der Waals surface area contributed by atoms with E-state index in [0.717, 1.165) is 6.61 Å². The molecule has 0 saturated heterocycles. The van der Waals surface area contributed by atoms with Gasteiger partial charge in [0.05, 0.1) is 39.6 Å². The lowest BCUT2D eigenvalue weighted by atomic mass is 10.7. The zero-order valence-electron chi connectivity index (χ0n) is 7.62. The van der Waals surface area contributed by atoms with Gasteiger partial charge in [0.25, 0.3) is 0 Å². The molecule has 74 valence electrons. The Morgan fingerprint density at radius 2 is 1.33 bits per heavy atom. The topological polar surface area (TPSA) is 47.9 Å². The molecular weight excluding hydrogens is 160 g/mol. The number of hydrogen-bond acceptors (Lipinski definition) is 4. The average molecular weight is 178 g/mol. The van der Waals surface area contributed by atoms with E-state index in [1.807, 2.05) is 6.92 Å². The summed E-state index contributed by atoms with van der Waals surface area (Å²) in [4.78, 5) is 0. The molecule has 0 aromatic rings. The van der Waals surface area contributed by atoms with E-state index >= 15 is 0 Å². The molecule has 0 aliphatic rings. The molecule has 0 unspecified atom stereocenters. The quantitative estimate of drug-likeness (QED) is 0.507. The molecule has 4 nitrogen and oxygen atoms in total. The molecule has 0 fully saturated rings. The third-order valence-corrected chi connectivity index (χ3v) is 1.18. The second kappa shape index (κ2) is 10.8. The van der Waals surface area contributed by atoms with Crippen molar-refractivity contribution in [3.63, 3.8) is 0 Å². The summed E-state index contributed by atoms with van der Waals surface area (Å²) in [5.74, 6) is 0. The first-order valence-corrected chi connectivity index (χ1v) is 4.26. The maximum absolute atomic E-state index is 8.35. The lowest BCUT2D eigenvalue weighted by molar-refractivity contribution is 0.00965. The van der Waals surface area contributed by atoms with Crippen LogP contribution in [-0.2, 0) is 14.2 Å². The van der Waals surface area contributed by atoms with E-state index in [9.17, 15) is 0 Å². The maximum Gasteiger partial charge on any atom is 0.0701 e. The summed E-state index contributed by atoms with van der Waals surface area (Å²) >= 11 is 0. The van der Waals surface area contributed by atoms with Crippen LogP contribution < -0.4 is 0 Å². The van der Waals surface area contributed by atoms with E-state index in [0.29, 0.717) is 33.0 Å².